The molecule has 2 aliphatic rings. The van der Waals surface area contributed by atoms with Gasteiger partial charge in [0.2, 0.25) is 0 Å². The maximum atomic E-state index is 2.49. The summed E-state index contributed by atoms with van der Waals surface area (Å²) in [5.74, 6) is 0. The summed E-state index contributed by atoms with van der Waals surface area (Å²) in [5, 5.41) is 0. The Labute approximate surface area is 382 Å². The van der Waals surface area contributed by atoms with Gasteiger partial charge in [0, 0.05) is 22.5 Å². The van der Waals surface area contributed by atoms with Crippen molar-refractivity contribution in [2.75, 3.05) is 4.90 Å². The topological polar surface area (TPSA) is 3.24 Å². The molecule has 0 fully saturated rings. The van der Waals surface area contributed by atoms with Crippen molar-refractivity contribution in [3.05, 3.63) is 282 Å². The number of anilines is 3. The number of rotatable bonds is 8. The van der Waals surface area contributed by atoms with Gasteiger partial charge >= 0.3 is 0 Å². The van der Waals surface area contributed by atoms with Crippen LogP contribution in [0.25, 0.3) is 55.6 Å². The highest BCUT2D eigenvalue weighted by Crippen LogP contribution is 2.59. The average molecular weight is 830 g/mol. The van der Waals surface area contributed by atoms with Gasteiger partial charge in [-0.2, -0.15) is 0 Å². The van der Waals surface area contributed by atoms with E-state index < -0.39 is 5.41 Å². The lowest BCUT2D eigenvalue weighted by molar-refractivity contribution is 0.660. The molecule has 0 heterocycles. The van der Waals surface area contributed by atoms with E-state index in [1.807, 2.05) is 0 Å². The molecule has 0 spiro atoms. The van der Waals surface area contributed by atoms with Crippen molar-refractivity contribution in [1.82, 2.24) is 0 Å². The van der Waals surface area contributed by atoms with Crippen LogP contribution in [-0.4, -0.2) is 0 Å². The number of nitrogens with zero attached hydrogens (tertiary/aromatic N) is 1. The van der Waals surface area contributed by atoms with Gasteiger partial charge in [-0.15, -0.1) is 0 Å². The van der Waals surface area contributed by atoms with E-state index in [4.69, 9.17) is 0 Å². The third-order valence-corrected chi connectivity index (χ3v) is 14.2. The molecule has 0 aromatic heterocycles. The Balaban J connectivity index is 1.07. The largest absolute Gasteiger partial charge is 0.310 e. The fourth-order valence-electron chi connectivity index (χ4n) is 11.1. The highest BCUT2D eigenvalue weighted by atomic mass is 15.1. The Hall–Kier alpha value is -8.00. The van der Waals surface area contributed by atoms with Gasteiger partial charge in [-0.3, -0.25) is 0 Å². The molecular formula is C64H47N. The van der Waals surface area contributed by atoms with Gasteiger partial charge in [-0.25, -0.2) is 0 Å². The lowest BCUT2D eigenvalue weighted by Crippen LogP contribution is -2.29. The monoisotopic (exact) mass is 829 g/mol. The van der Waals surface area contributed by atoms with Crippen LogP contribution in [0.5, 0.6) is 0 Å². The summed E-state index contributed by atoms with van der Waals surface area (Å²) >= 11 is 0. The van der Waals surface area contributed by atoms with Crippen LogP contribution in [0.4, 0.5) is 17.1 Å². The third kappa shape index (κ3) is 6.15. The van der Waals surface area contributed by atoms with E-state index >= 15 is 0 Å². The maximum absolute atomic E-state index is 2.49. The van der Waals surface area contributed by atoms with E-state index in [1.54, 1.807) is 0 Å². The van der Waals surface area contributed by atoms with Crippen LogP contribution < -0.4 is 4.90 Å². The fourth-order valence-corrected chi connectivity index (χ4v) is 11.1. The second-order valence-corrected chi connectivity index (χ2v) is 18.0. The highest BCUT2D eigenvalue weighted by molar-refractivity contribution is 5.92. The summed E-state index contributed by atoms with van der Waals surface area (Å²) in [6, 6.07) is 92.1. The summed E-state index contributed by atoms with van der Waals surface area (Å²) in [5.41, 5.74) is 22.9. The molecule has 0 saturated heterocycles. The van der Waals surface area contributed by atoms with E-state index in [0.717, 1.165) is 17.1 Å². The van der Waals surface area contributed by atoms with Crippen molar-refractivity contribution in [3.63, 3.8) is 0 Å². The highest BCUT2D eigenvalue weighted by Gasteiger charge is 2.47. The summed E-state index contributed by atoms with van der Waals surface area (Å²) in [6.07, 6.45) is 0. The zero-order chi connectivity index (χ0) is 43.5. The van der Waals surface area contributed by atoms with Crippen molar-refractivity contribution in [2.45, 2.75) is 24.7 Å². The molecule has 12 rings (SSSR count). The molecule has 10 aromatic carbocycles. The van der Waals surface area contributed by atoms with Gasteiger partial charge in [-0.1, -0.05) is 226 Å². The SMILES string of the molecule is CC1(C)c2ccccc2-c2ccc(N(c3ccc(-c4ccc(-c5ccccc5)cc4)cc3)c3ccc4c(c3)C(c3ccccc3)(c3ccccc3-c3ccccc3)c3ccccc3-4)cc21. The Morgan fingerprint density at radius 1 is 0.262 bits per heavy atom. The van der Waals surface area contributed by atoms with Crippen molar-refractivity contribution in [1.29, 1.82) is 0 Å². The molecule has 0 amide bonds. The van der Waals surface area contributed by atoms with Crippen molar-refractivity contribution in [2.24, 2.45) is 0 Å². The molecule has 0 radical (unpaired) electrons. The second-order valence-electron chi connectivity index (χ2n) is 18.0. The summed E-state index contributed by atoms with van der Waals surface area (Å²) < 4.78 is 0. The van der Waals surface area contributed by atoms with Gasteiger partial charge in [0.25, 0.3) is 0 Å². The lowest BCUT2D eigenvalue weighted by Gasteiger charge is -2.36. The standard InChI is InChI=1S/C64H47N/c1-63(2)58-27-15-13-25-54(58)56-40-38-51(42-61(56)63)65(50-36-34-47(35-37-50)46-32-30-45(31-33-46)44-18-6-3-7-19-44)52-39-41-57-55-26-14-17-29-60(55)64(62(57)43-52,49-22-10-5-11-23-49)59-28-16-12-24-53(59)48-20-8-4-9-21-48/h3-43H,1-2H3. The van der Waals surface area contributed by atoms with Gasteiger partial charge in [0.15, 0.2) is 0 Å². The molecule has 1 heteroatoms. The van der Waals surface area contributed by atoms with Crippen LogP contribution in [0.1, 0.15) is 47.2 Å². The predicted octanol–water partition coefficient (Wildman–Crippen LogP) is 16.8. The number of hydrogen-bond acceptors (Lipinski definition) is 1. The zero-order valence-electron chi connectivity index (χ0n) is 36.6. The van der Waals surface area contributed by atoms with E-state index in [2.05, 4.69) is 267 Å². The molecule has 0 aliphatic heterocycles. The van der Waals surface area contributed by atoms with Crippen LogP contribution in [-0.2, 0) is 10.8 Å². The third-order valence-electron chi connectivity index (χ3n) is 14.2. The number of benzene rings is 10. The van der Waals surface area contributed by atoms with Gasteiger partial charge < -0.3 is 4.90 Å². The van der Waals surface area contributed by atoms with Crippen LogP contribution >= 0.6 is 0 Å². The first-order valence-electron chi connectivity index (χ1n) is 22.8. The average Bonchev–Trinajstić information content (AvgIpc) is 3.80. The number of fused-ring (bicyclic) bond motifs is 6. The molecule has 10 aromatic rings. The Bertz CT molecular complexity index is 3370. The van der Waals surface area contributed by atoms with Gasteiger partial charge in [0.05, 0.1) is 5.41 Å². The van der Waals surface area contributed by atoms with Gasteiger partial charge in [0.1, 0.15) is 0 Å². The normalized spacial score (nSPS) is 15.1. The van der Waals surface area contributed by atoms with Crippen molar-refractivity contribution < 1.29 is 0 Å². The molecule has 0 N–H and O–H groups in total. The summed E-state index contributed by atoms with van der Waals surface area (Å²) in [7, 11) is 0. The smallest absolute Gasteiger partial charge is 0.0720 e. The van der Waals surface area contributed by atoms with Gasteiger partial charge in [-0.05, 0) is 125 Å². The zero-order valence-corrected chi connectivity index (χ0v) is 36.6. The number of hydrogen-bond donors (Lipinski definition) is 0. The molecule has 308 valence electrons. The molecule has 65 heavy (non-hydrogen) atoms. The second kappa shape index (κ2) is 15.4. The first kappa shape index (κ1) is 38.7. The molecule has 0 bridgehead atoms. The van der Waals surface area contributed by atoms with E-state index in [9.17, 15) is 0 Å². The Morgan fingerprint density at radius 2 is 0.631 bits per heavy atom. The predicted molar refractivity (Wildman–Crippen MR) is 272 cm³/mol. The molecule has 0 saturated carbocycles. The van der Waals surface area contributed by atoms with Crippen LogP contribution in [0.2, 0.25) is 0 Å². The van der Waals surface area contributed by atoms with E-state index in [-0.39, 0.29) is 5.41 Å². The van der Waals surface area contributed by atoms with Crippen LogP contribution in [0, 0.1) is 0 Å². The summed E-state index contributed by atoms with van der Waals surface area (Å²) in [6.45, 7) is 4.74. The molecular weight excluding hydrogens is 783 g/mol. The Morgan fingerprint density at radius 3 is 1.22 bits per heavy atom. The van der Waals surface area contributed by atoms with Crippen LogP contribution in [0.3, 0.4) is 0 Å². The minimum Gasteiger partial charge on any atom is -0.310 e. The molecule has 1 nitrogen and oxygen atoms in total. The van der Waals surface area contributed by atoms with Crippen molar-refractivity contribution in [3.8, 4) is 55.6 Å². The molecule has 1 unspecified atom stereocenters. The molecule has 2 aliphatic carbocycles. The summed E-state index contributed by atoms with van der Waals surface area (Å²) in [4.78, 5) is 2.48. The van der Waals surface area contributed by atoms with E-state index in [0.29, 0.717) is 0 Å². The van der Waals surface area contributed by atoms with E-state index in [1.165, 1.54) is 89.0 Å². The first-order valence-corrected chi connectivity index (χ1v) is 22.8. The first-order chi connectivity index (χ1) is 32.0. The van der Waals surface area contributed by atoms with Crippen molar-refractivity contribution >= 4 is 17.1 Å². The molecule has 1 atom stereocenters. The lowest BCUT2D eigenvalue weighted by atomic mass is 9.66. The minimum atomic E-state index is -0.599. The van der Waals surface area contributed by atoms with Crippen LogP contribution in [0.15, 0.2) is 249 Å². The maximum Gasteiger partial charge on any atom is 0.0720 e. The minimum absolute atomic E-state index is 0.146. The Kier molecular flexibility index (Phi) is 9.14. The fraction of sp³-hybridized carbons (Fsp3) is 0.0625. The quantitative estimate of drug-likeness (QED) is 0.147.